The first kappa shape index (κ1) is 11.7. The molecule has 0 unspecified atom stereocenters. The fourth-order valence-electron chi connectivity index (χ4n) is 0.475. The molecule has 0 N–H and O–H groups in total. The molecule has 7 heteroatoms. The van der Waals surface area contributed by atoms with Crippen LogP contribution in [0.5, 0.6) is 0 Å². The number of hydrogen-bond acceptors (Lipinski definition) is 3. The lowest BCUT2D eigenvalue weighted by molar-refractivity contribution is -0.140. The Morgan fingerprint density at radius 1 is 1.50 bits per heavy atom. The lowest BCUT2D eigenvalue weighted by atomic mass is 9.98. The number of carbonyl (C=O) groups excluding carboxylic acids is 1. The second kappa shape index (κ2) is 5.34. The van der Waals surface area contributed by atoms with Crippen LogP contribution in [0.4, 0.5) is 12.9 Å². The molecule has 0 spiro atoms. The summed E-state index contributed by atoms with van der Waals surface area (Å²) in [5, 5.41) is 0. The average molecular weight is 201 g/mol. The number of rotatable bonds is 5. The van der Waals surface area contributed by atoms with Gasteiger partial charge >= 0.3 is 12.9 Å². The normalized spacial score (nSPS) is 11.3. The molecule has 0 saturated heterocycles. The van der Waals surface area contributed by atoms with Gasteiger partial charge in [0.15, 0.2) is 0 Å². The van der Waals surface area contributed by atoms with Crippen LogP contribution in [0.1, 0.15) is 6.42 Å². The Bertz CT molecular complexity index is 150. The Hall–Kier alpha value is -0.325. The second-order valence-electron chi connectivity index (χ2n) is 2.11. The highest BCUT2D eigenvalue weighted by Gasteiger charge is 2.22. The first-order chi connectivity index (χ1) is 5.45. The van der Waals surface area contributed by atoms with E-state index in [1.807, 2.05) is 0 Å². The van der Waals surface area contributed by atoms with Gasteiger partial charge in [-0.3, -0.25) is 4.79 Å². The third-order valence-corrected chi connectivity index (χ3v) is 2.09. The summed E-state index contributed by atoms with van der Waals surface area (Å²) >= 11 is 0.706. The molecule has 0 aromatic carbocycles. The molecule has 0 fully saturated rings. The van der Waals surface area contributed by atoms with Crippen LogP contribution in [0.25, 0.3) is 0 Å². The van der Waals surface area contributed by atoms with Crippen molar-refractivity contribution in [2.24, 2.45) is 0 Å². The molecule has 0 aliphatic rings. The van der Waals surface area contributed by atoms with Gasteiger partial charge in [-0.2, -0.15) is 11.8 Å². The van der Waals surface area contributed by atoms with E-state index in [4.69, 9.17) is 0 Å². The summed E-state index contributed by atoms with van der Waals surface area (Å²) in [5.41, 5.74) is -0.850. The van der Waals surface area contributed by atoms with Gasteiger partial charge in [-0.15, -0.1) is 0 Å². The van der Waals surface area contributed by atoms with Crippen molar-refractivity contribution in [3.8, 4) is 0 Å². The van der Waals surface area contributed by atoms with E-state index < -0.39 is 18.6 Å². The van der Waals surface area contributed by atoms with Crippen molar-refractivity contribution in [3.63, 3.8) is 0 Å². The van der Waals surface area contributed by atoms with Crippen molar-refractivity contribution >= 4 is 24.7 Å². The summed E-state index contributed by atoms with van der Waals surface area (Å²) in [7, 11) is 1.21. The van der Waals surface area contributed by atoms with Crippen molar-refractivity contribution in [1.82, 2.24) is 0 Å². The number of ether oxygens (including phenoxy) is 1. The molecule has 0 rings (SSSR count). The van der Waals surface area contributed by atoms with Crippen molar-refractivity contribution in [2.75, 3.05) is 18.5 Å². The first-order valence-electron chi connectivity index (χ1n) is 3.31. The van der Waals surface area contributed by atoms with Crippen molar-refractivity contribution < 1.29 is 22.5 Å². The zero-order valence-corrected chi connectivity index (χ0v) is 7.37. The molecule has 0 atom stereocenters. The molecule has 0 radical (unpaired) electrons. The molecule has 0 aromatic rings. The number of thioether (sulfide) groups is 1. The van der Waals surface area contributed by atoms with Crippen molar-refractivity contribution in [3.05, 3.63) is 0 Å². The molecule has 0 amide bonds. The van der Waals surface area contributed by atoms with E-state index >= 15 is 0 Å². The van der Waals surface area contributed by atoms with Crippen molar-refractivity contribution in [2.45, 2.75) is 6.42 Å². The van der Waals surface area contributed by atoms with Crippen LogP contribution in [0, 0.1) is 0 Å². The average Bonchev–Trinajstić information content (AvgIpc) is 1.96. The molecular weight excluding hydrogens is 192 g/mol. The smallest absolute Gasteiger partial charge is 0.469 e. The molecule has 72 valence electrons. The number of esters is 1. The van der Waals surface area contributed by atoms with E-state index in [0.717, 1.165) is 0 Å². The topological polar surface area (TPSA) is 26.3 Å². The maximum absolute atomic E-state index is 11.6. The Kier molecular flexibility index (Phi) is 5.20. The minimum Gasteiger partial charge on any atom is -0.469 e. The van der Waals surface area contributed by atoms with Gasteiger partial charge in [0.1, 0.15) is 0 Å². The van der Waals surface area contributed by atoms with Crippen LogP contribution in [-0.2, 0) is 9.53 Å². The first-order valence-corrected chi connectivity index (χ1v) is 4.47. The van der Waals surface area contributed by atoms with Crippen LogP contribution >= 0.6 is 11.8 Å². The Morgan fingerprint density at radius 2 is 2.08 bits per heavy atom. The van der Waals surface area contributed by atoms with E-state index in [0.29, 0.717) is 11.8 Å². The zero-order valence-electron chi connectivity index (χ0n) is 6.56. The van der Waals surface area contributed by atoms with Crippen LogP contribution in [0.2, 0.25) is 0 Å². The lowest BCUT2D eigenvalue weighted by Gasteiger charge is -2.11. The molecule has 0 aliphatic carbocycles. The Morgan fingerprint density at radius 3 is 2.50 bits per heavy atom. The summed E-state index contributed by atoms with van der Waals surface area (Å²) < 4.78 is 39.0. The molecule has 0 bridgehead atoms. The summed E-state index contributed by atoms with van der Waals surface area (Å²) in [5.74, 6) is -0.314. The van der Waals surface area contributed by atoms with Gasteiger partial charge in [0.05, 0.1) is 13.5 Å². The molecule has 0 heterocycles. The predicted octanol–water partition coefficient (Wildman–Crippen LogP) is 1.67. The van der Waals surface area contributed by atoms with Gasteiger partial charge in [-0.05, 0) is 5.65 Å². The molecule has 0 saturated carbocycles. The summed E-state index contributed by atoms with van der Waals surface area (Å²) in [6.07, 6.45) is 0.0350. The quantitative estimate of drug-likeness (QED) is 0.384. The Balaban J connectivity index is 3.28. The minimum atomic E-state index is -4.73. The highest BCUT2D eigenvalue weighted by molar-refractivity contribution is 8.00. The predicted molar refractivity (Wildman–Crippen MR) is 43.0 cm³/mol. The van der Waals surface area contributed by atoms with E-state index in [1.165, 1.54) is 7.11 Å². The fraction of sp³-hybridized carbons (Fsp3) is 0.800. The minimum absolute atomic E-state index is 0.0350. The van der Waals surface area contributed by atoms with Gasteiger partial charge in [-0.25, -0.2) is 0 Å². The van der Waals surface area contributed by atoms with E-state index in [1.54, 1.807) is 0 Å². The summed E-state index contributed by atoms with van der Waals surface area (Å²) in [6.45, 7) is -4.73. The van der Waals surface area contributed by atoms with Gasteiger partial charge in [-0.1, -0.05) is 0 Å². The standard InChI is InChI=1S/C5H9BF3O2S/c1-11-5(10)2-3-12-4-6(7,8)9/h2-4H2,1H3/q-1. The van der Waals surface area contributed by atoms with Crippen LogP contribution in [0.15, 0.2) is 0 Å². The monoisotopic (exact) mass is 201 g/mol. The molecule has 12 heavy (non-hydrogen) atoms. The molecular formula is C5H9BF3O2S-. The third-order valence-electron chi connectivity index (χ3n) is 0.985. The highest BCUT2D eigenvalue weighted by atomic mass is 32.2. The third kappa shape index (κ3) is 7.78. The largest absolute Gasteiger partial charge is 0.488 e. The van der Waals surface area contributed by atoms with E-state index in [2.05, 4.69) is 4.74 Å². The summed E-state index contributed by atoms with van der Waals surface area (Å²) in [4.78, 5) is 10.4. The maximum Gasteiger partial charge on any atom is 0.488 e. The maximum atomic E-state index is 11.6. The number of hydrogen-bond donors (Lipinski definition) is 0. The molecule has 0 aromatic heterocycles. The fourth-order valence-corrected chi connectivity index (χ4v) is 1.22. The zero-order chi connectivity index (χ0) is 9.61. The Labute approximate surface area is 72.9 Å². The van der Waals surface area contributed by atoms with Gasteiger partial charge in [0.25, 0.3) is 0 Å². The van der Waals surface area contributed by atoms with Gasteiger partial charge in [0, 0.05) is 5.75 Å². The second-order valence-corrected chi connectivity index (χ2v) is 3.26. The van der Waals surface area contributed by atoms with Crippen LogP contribution in [-0.4, -0.2) is 31.5 Å². The number of halogens is 3. The number of carbonyl (C=O) groups is 1. The SMILES string of the molecule is COC(=O)CCSC[B-](F)(F)F. The lowest BCUT2D eigenvalue weighted by Crippen LogP contribution is -2.19. The van der Waals surface area contributed by atoms with Gasteiger partial charge in [0.2, 0.25) is 0 Å². The van der Waals surface area contributed by atoms with Crippen molar-refractivity contribution in [1.29, 1.82) is 0 Å². The van der Waals surface area contributed by atoms with Crippen LogP contribution < -0.4 is 0 Å². The van der Waals surface area contributed by atoms with Gasteiger partial charge < -0.3 is 17.7 Å². The molecule has 0 aliphatic heterocycles. The van der Waals surface area contributed by atoms with E-state index in [-0.39, 0.29) is 12.2 Å². The molecule has 2 nitrogen and oxygen atoms in total. The summed E-state index contributed by atoms with van der Waals surface area (Å²) in [6, 6.07) is 0. The number of methoxy groups -OCH3 is 1. The van der Waals surface area contributed by atoms with E-state index in [9.17, 15) is 17.7 Å². The highest BCUT2D eigenvalue weighted by Crippen LogP contribution is 2.16. The van der Waals surface area contributed by atoms with Crippen LogP contribution in [0.3, 0.4) is 0 Å².